The molecule has 27 heavy (non-hydrogen) atoms. The molecule has 1 heterocycles. The molecule has 0 bridgehead atoms. The Hall–Kier alpha value is -1.60. The summed E-state index contributed by atoms with van der Waals surface area (Å²) in [6.45, 7) is 0.758. The summed E-state index contributed by atoms with van der Waals surface area (Å²) in [6, 6.07) is 5.06. The largest absolute Gasteiger partial charge is 0.495 e. The van der Waals surface area contributed by atoms with Crippen molar-refractivity contribution in [2.24, 2.45) is 5.92 Å². The molecular weight excluding hydrogens is 364 g/mol. The number of hydrogen-bond donors (Lipinski definition) is 1. The van der Waals surface area contributed by atoms with Crippen LogP contribution in [-0.2, 0) is 10.0 Å². The molecule has 1 amide bonds. The first-order valence-electron chi connectivity index (χ1n) is 10.0. The zero-order valence-electron chi connectivity index (χ0n) is 15.8. The molecule has 4 rings (SSSR count). The Morgan fingerprint density at radius 2 is 1.85 bits per heavy atom. The van der Waals surface area contributed by atoms with Crippen molar-refractivity contribution < 1.29 is 17.9 Å². The van der Waals surface area contributed by atoms with E-state index in [4.69, 9.17) is 4.74 Å². The topological polar surface area (TPSA) is 75.7 Å². The van der Waals surface area contributed by atoms with Gasteiger partial charge in [0.05, 0.1) is 7.11 Å². The number of piperidine rings is 1. The summed E-state index contributed by atoms with van der Waals surface area (Å²) < 4.78 is 33.4. The van der Waals surface area contributed by atoms with Crippen LogP contribution in [0.1, 0.15) is 61.7 Å². The third-order valence-electron chi connectivity index (χ3n) is 6.10. The number of nitrogens with one attached hydrogen (secondary N) is 1. The summed E-state index contributed by atoms with van der Waals surface area (Å²) in [5, 5.41) is 0. The van der Waals surface area contributed by atoms with Crippen LogP contribution in [0.2, 0.25) is 0 Å². The normalized spacial score (nSPS) is 25.7. The molecule has 148 valence electrons. The van der Waals surface area contributed by atoms with Gasteiger partial charge in [-0.15, -0.1) is 0 Å². The molecule has 2 unspecified atom stereocenters. The van der Waals surface area contributed by atoms with E-state index in [-0.39, 0.29) is 22.6 Å². The summed E-state index contributed by atoms with van der Waals surface area (Å²) >= 11 is 0. The molecule has 2 atom stereocenters. The van der Waals surface area contributed by atoms with Crippen molar-refractivity contribution in [3.8, 4) is 5.75 Å². The average molecular weight is 393 g/mol. The highest BCUT2D eigenvalue weighted by Crippen LogP contribution is 2.36. The number of likely N-dealkylation sites (tertiary alicyclic amines) is 1. The Kier molecular flexibility index (Phi) is 5.16. The number of amides is 1. The number of ether oxygens (including phenoxy) is 1. The van der Waals surface area contributed by atoms with Crippen LogP contribution in [0, 0.1) is 5.92 Å². The molecule has 7 heteroatoms. The highest BCUT2D eigenvalue weighted by Gasteiger charge is 2.37. The van der Waals surface area contributed by atoms with Gasteiger partial charge in [-0.2, -0.15) is 0 Å². The van der Waals surface area contributed by atoms with Gasteiger partial charge in [0, 0.05) is 24.2 Å². The van der Waals surface area contributed by atoms with Gasteiger partial charge in [0.25, 0.3) is 5.91 Å². The van der Waals surface area contributed by atoms with Crippen LogP contribution < -0.4 is 9.46 Å². The van der Waals surface area contributed by atoms with Crippen molar-refractivity contribution in [1.29, 1.82) is 0 Å². The number of carbonyl (C=O) groups excluding carboxylic acids is 1. The van der Waals surface area contributed by atoms with Gasteiger partial charge in [-0.05, 0) is 62.6 Å². The van der Waals surface area contributed by atoms with Gasteiger partial charge >= 0.3 is 0 Å². The van der Waals surface area contributed by atoms with E-state index in [0.717, 1.165) is 32.2 Å². The summed E-state index contributed by atoms with van der Waals surface area (Å²) in [5.74, 6) is 0.806. The monoisotopic (exact) mass is 392 g/mol. The van der Waals surface area contributed by atoms with Crippen molar-refractivity contribution in [3.05, 3.63) is 23.8 Å². The quantitative estimate of drug-likeness (QED) is 0.836. The number of rotatable bonds is 5. The molecule has 0 spiro atoms. The molecule has 1 N–H and O–H groups in total. The third kappa shape index (κ3) is 3.85. The van der Waals surface area contributed by atoms with Crippen LogP contribution in [0.4, 0.5) is 0 Å². The predicted octanol–water partition coefficient (Wildman–Crippen LogP) is 2.93. The Balaban J connectivity index is 1.63. The minimum Gasteiger partial charge on any atom is -0.495 e. The zero-order valence-corrected chi connectivity index (χ0v) is 16.6. The van der Waals surface area contributed by atoms with E-state index in [2.05, 4.69) is 4.72 Å². The molecule has 2 saturated carbocycles. The maximum atomic E-state index is 13.2. The van der Waals surface area contributed by atoms with Gasteiger partial charge < -0.3 is 9.64 Å². The van der Waals surface area contributed by atoms with Crippen LogP contribution in [0.5, 0.6) is 5.75 Å². The molecule has 2 aliphatic carbocycles. The van der Waals surface area contributed by atoms with Crippen molar-refractivity contribution >= 4 is 15.9 Å². The Morgan fingerprint density at radius 1 is 1.11 bits per heavy atom. The number of fused-ring (bicyclic) bond motifs is 1. The van der Waals surface area contributed by atoms with Crippen LogP contribution in [0.25, 0.3) is 0 Å². The molecular formula is C20H28N2O4S. The van der Waals surface area contributed by atoms with E-state index in [1.165, 1.54) is 38.9 Å². The lowest BCUT2D eigenvalue weighted by atomic mass is 9.78. The second-order valence-electron chi connectivity index (χ2n) is 8.01. The van der Waals surface area contributed by atoms with E-state index >= 15 is 0 Å². The first kappa shape index (κ1) is 18.7. The lowest BCUT2D eigenvalue weighted by molar-refractivity contribution is 0.0390. The van der Waals surface area contributed by atoms with Crippen LogP contribution >= 0.6 is 0 Å². The van der Waals surface area contributed by atoms with Crippen molar-refractivity contribution in [1.82, 2.24) is 9.62 Å². The molecule has 3 fully saturated rings. The van der Waals surface area contributed by atoms with Gasteiger partial charge in [-0.3, -0.25) is 4.79 Å². The van der Waals surface area contributed by atoms with Crippen molar-refractivity contribution in [2.75, 3.05) is 13.7 Å². The number of sulfonamides is 1. The third-order valence-corrected chi connectivity index (χ3v) is 7.65. The zero-order chi connectivity index (χ0) is 19.0. The fourth-order valence-electron chi connectivity index (χ4n) is 4.55. The molecule has 0 radical (unpaired) electrons. The minimum atomic E-state index is -3.70. The number of carbonyl (C=O) groups is 1. The molecule has 6 nitrogen and oxygen atoms in total. The van der Waals surface area contributed by atoms with Crippen LogP contribution in [-0.4, -0.2) is 45.0 Å². The summed E-state index contributed by atoms with van der Waals surface area (Å²) in [5.41, 5.74) is 0.429. The maximum Gasteiger partial charge on any atom is 0.254 e. The second kappa shape index (κ2) is 7.43. The molecule has 1 aromatic rings. The van der Waals surface area contributed by atoms with E-state index < -0.39 is 10.0 Å². The molecule has 1 aromatic carbocycles. The SMILES string of the molecule is COc1ccc(C(=O)N2CCCC3CCCCC32)cc1S(=O)(=O)NC1CC1. The second-order valence-corrected chi connectivity index (χ2v) is 9.70. The Morgan fingerprint density at radius 3 is 2.59 bits per heavy atom. The van der Waals surface area contributed by atoms with Crippen molar-refractivity contribution in [3.63, 3.8) is 0 Å². The summed E-state index contributed by atoms with van der Waals surface area (Å²) in [4.78, 5) is 15.3. The standard InChI is InChI=1S/C20H28N2O4S/c1-26-18-11-8-15(13-19(18)27(24,25)21-16-9-10-16)20(23)22-12-4-6-14-5-2-3-7-17(14)22/h8,11,13-14,16-17,21H,2-7,9-10,12H2,1H3. The van der Waals surface area contributed by atoms with E-state index in [0.29, 0.717) is 17.5 Å². The van der Waals surface area contributed by atoms with E-state index in [1.54, 1.807) is 12.1 Å². The molecule has 3 aliphatic rings. The highest BCUT2D eigenvalue weighted by molar-refractivity contribution is 7.89. The number of methoxy groups -OCH3 is 1. The maximum absolute atomic E-state index is 13.2. The first-order chi connectivity index (χ1) is 13.0. The van der Waals surface area contributed by atoms with E-state index in [1.807, 2.05) is 4.90 Å². The van der Waals surface area contributed by atoms with Gasteiger partial charge in [-0.25, -0.2) is 13.1 Å². The number of benzene rings is 1. The lowest BCUT2D eigenvalue weighted by Crippen LogP contribution is -2.49. The van der Waals surface area contributed by atoms with Crippen LogP contribution in [0.15, 0.2) is 23.1 Å². The van der Waals surface area contributed by atoms with E-state index in [9.17, 15) is 13.2 Å². The minimum absolute atomic E-state index is 0.00385. The van der Waals surface area contributed by atoms with Gasteiger partial charge in [0.1, 0.15) is 10.6 Å². The molecule has 1 aliphatic heterocycles. The van der Waals surface area contributed by atoms with Crippen molar-refractivity contribution in [2.45, 2.75) is 68.3 Å². The summed E-state index contributed by atoms with van der Waals surface area (Å²) in [6.07, 6.45) is 8.61. The lowest BCUT2D eigenvalue weighted by Gasteiger charge is -2.44. The van der Waals surface area contributed by atoms with Crippen LogP contribution in [0.3, 0.4) is 0 Å². The molecule has 1 saturated heterocycles. The highest BCUT2D eigenvalue weighted by atomic mass is 32.2. The predicted molar refractivity (Wildman–Crippen MR) is 102 cm³/mol. The van der Waals surface area contributed by atoms with Gasteiger partial charge in [0.15, 0.2) is 0 Å². The van der Waals surface area contributed by atoms with Gasteiger partial charge in [-0.1, -0.05) is 12.8 Å². The first-order valence-corrected chi connectivity index (χ1v) is 11.5. The average Bonchev–Trinajstić information content (AvgIpc) is 3.49. The number of nitrogens with zero attached hydrogens (tertiary/aromatic N) is 1. The fraction of sp³-hybridized carbons (Fsp3) is 0.650. The fourth-order valence-corrected chi connectivity index (χ4v) is 6.05. The number of hydrogen-bond acceptors (Lipinski definition) is 4. The Labute approximate surface area is 161 Å². The smallest absolute Gasteiger partial charge is 0.254 e. The molecule has 0 aromatic heterocycles. The summed E-state index contributed by atoms with van der Waals surface area (Å²) in [7, 11) is -2.25. The Bertz CT molecular complexity index is 817. The van der Waals surface area contributed by atoms with Gasteiger partial charge in [0.2, 0.25) is 10.0 Å².